The molecular weight excluding hydrogens is 305 g/mol. The molecule has 0 unspecified atom stereocenters. The fraction of sp³-hybridized carbons (Fsp3) is 0.188. The molecule has 2 rings (SSSR count). The van der Waals surface area contributed by atoms with Crippen LogP contribution < -0.4 is 5.32 Å². The molecule has 22 heavy (non-hydrogen) atoms. The van der Waals surface area contributed by atoms with Gasteiger partial charge in [-0.15, -0.1) is 0 Å². The molecule has 0 bridgehead atoms. The van der Waals surface area contributed by atoms with Gasteiger partial charge in [-0.3, -0.25) is 4.79 Å². The average molecular weight is 321 g/mol. The Hall–Kier alpha value is -2.21. The van der Waals surface area contributed by atoms with Gasteiger partial charge in [0.05, 0.1) is 10.6 Å². The van der Waals surface area contributed by atoms with E-state index in [0.717, 1.165) is 17.7 Å². The highest BCUT2D eigenvalue weighted by Crippen LogP contribution is 2.15. The van der Waals surface area contributed by atoms with E-state index >= 15 is 0 Å². The minimum Gasteiger partial charge on any atom is -0.326 e. The molecular formula is C16H16FNO3S. The van der Waals surface area contributed by atoms with Crippen molar-refractivity contribution in [2.45, 2.75) is 18.2 Å². The van der Waals surface area contributed by atoms with Crippen LogP contribution in [0.3, 0.4) is 0 Å². The van der Waals surface area contributed by atoms with E-state index in [1.54, 1.807) is 12.1 Å². The number of carbonyl (C=O) groups is 1. The molecule has 0 saturated heterocycles. The number of carbonyl (C=O) groups excluding carboxylic acids is 1. The number of amides is 1. The van der Waals surface area contributed by atoms with Crippen LogP contribution in [0, 0.1) is 12.7 Å². The van der Waals surface area contributed by atoms with Crippen LogP contribution in [0.15, 0.2) is 53.4 Å². The van der Waals surface area contributed by atoms with Crippen LogP contribution >= 0.6 is 0 Å². The van der Waals surface area contributed by atoms with Crippen LogP contribution in [-0.2, 0) is 14.6 Å². The highest BCUT2D eigenvalue weighted by molar-refractivity contribution is 7.91. The summed E-state index contributed by atoms with van der Waals surface area (Å²) >= 11 is 0. The zero-order chi connectivity index (χ0) is 16.2. The normalized spacial score (nSPS) is 11.2. The fourth-order valence-electron chi connectivity index (χ4n) is 1.91. The Morgan fingerprint density at radius 2 is 1.73 bits per heavy atom. The van der Waals surface area contributed by atoms with Crippen molar-refractivity contribution in [1.29, 1.82) is 0 Å². The smallest absolute Gasteiger partial charge is 0.225 e. The molecule has 0 radical (unpaired) electrons. The van der Waals surface area contributed by atoms with Crippen LogP contribution in [0.2, 0.25) is 0 Å². The van der Waals surface area contributed by atoms with Gasteiger partial charge < -0.3 is 5.32 Å². The number of benzene rings is 2. The molecule has 0 atom stereocenters. The molecule has 116 valence electrons. The number of hydrogen-bond acceptors (Lipinski definition) is 3. The van der Waals surface area contributed by atoms with Crippen LogP contribution in [-0.4, -0.2) is 20.1 Å². The maximum Gasteiger partial charge on any atom is 0.225 e. The molecule has 0 saturated carbocycles. The monoisotopic (exact) mass is 321 g/mol. The van der Waals surface area contributed by atoms with Gasteiger partial charge in [-0.25, -0.2) is 12.8 Å². The first-order chi connectivity index (χ1) is 10.4. The van der Waals surface area contributed by atoms with Crippen LogP contribution in [0.25, 0.3) is 0 Å². The van der Waals surface area contributed by atoms with Crippen molar-refractivity contribution in [3.05, 3.63) is 59.9 Å². The van der Waals surface area contributed by atoms with Gasteiger partial charge in [0, 0.05) is 12.1 Å². The predicted octanol–water partition coefficient (Wildman–Crippen LogP) is 2.94. The standard InChI is InChI=1S/C16H16FNO3S/c1-12-4-2-3-5-15(12)18-16(19)10-11-22(20,21)14-8-6-13(17)7-9-14/h2-9H,10-11H2,1H3,(H,18,19). The lowest BCUT2D eigenvalue weighted by molar-refractivity contribution is -0.115. The summed E-state index contributed by atoms with van der Waals surface area (Å²) in [5.41, 5.74) is 1.56. The van der Waals surface area contributed by atoms with E-state index in [4.69, 9.17) is 0 Å². The highest BCUT2D eigenvalue weighted by atomic mass is 32.2. The molecule has 1 N–H and O–H groups in total. The van der Waals surface area contributed by atoms with Crippen LogP contribution in [0.5, 0.6) is 0 Å². The Labute approximate surface area is 128 Å². The quantitative estimate of drug-likeness (QED) is 0.861. The van der Waals surface area contributed by atoms with Crippen molar-refractivity contribution in [3.63, 3.8) is 0 Å². The number of anilines is 1. The molecule has 0 spiro atoms. The maximum atomic E-state index is 12.8. The van der Waals surface area contributed by atoms with Gasteiger partial charge in [0.2, 0.25) is 5.91 Å². The van der Waals surface area contributed by atoms with Crippen LogP contribution in [0.4, 0.5) is 10.1 Å². The van der Waals surface area contributed by atoms with E-state index in [1.165, 1.54) is 12.1 Å². The lowest BCUT2D eigenvalue weighted by Gasteiger charge is -2.08. The fourth-order valence-corrected chi connectivity index (χ4v) is 3.15. The van der Waals surface area contributed by atoms with E-state index in [2.05, 4.69) is 5.32 Å². The van der Waals surface area contributed by atoms with Crippen molar-refractivity contribution < 1.29 is 17.6 Å². The van der Waals surface area contributed by atoms with Gasteiger partial charge in [0.1, 0.15) is 5.82 Å². The number of sulfone groups is 1. The van der Waals surface area contributed by atoms with E-state index in [9.17, 15) is 17.6 Å². The molecule has 2 aromatic carbocycles. The third-order valence-electron chi connectivity index (χ3n) is 3.19. The van der Waals surface area contributed by atoms with Gasteiger partial charge in [0.25, 0.3) is 0 Å². The molecule has 0 heterocycles. The number of halogens is 1. The van der Waals surface area contributed by atoms with Crippen molar-refractivity contribution in [2.24, 2.45) is 0 Å². The first kappa shape index (κ1) is 16.2. The second kappa shape index (κ2) is 6.70. The number of aryl methyl sites for hydroxylation is 1. The molecule has 1 amide bonds. The summed E-state index contributed by atoms with van der Waals surface area (Å²) in [6.07, 6.45) is -0.159. The Balaban J connectivity index is 1.98. The van der Waals surface area contributed by atoms with Gasteiger partial charge in [-0.2, -0.15) is 0 Å². The van der Waals surface area contributed by atoms with E-state index in [0.29, 0.717) is 5.69 Å². The second-order valence-corrected chi connectivity index (χ2v) is 7.00. The molecule has 2 aromatic rings. The van der Waals surface area contributed by atoms with Gasteiger partial charge in [-0.05, 0) is 42.8 Å². The van der Waals surface area contributed by atoms with E-state index in [1.807, 2.05) is 19.1 Å². The third kappa shape index (κ3) is 4.14. The summed E-state index contributed by atoms with van der Waals surface area (Å²) in [5, 5.41) is 2.68. The second-order valence-electron chi connectivity index (χ2n) is 4.89. The van der Waals surface area contributed by atoms with Crippen molar-refractivity contribution in [3.8, 4) is 0 Å². The van der Waals surface area contributed by atoms with Crippen molar-refractivity contribution in [1.82, 2.24) is 0 Å². The average Bonchev–Trinajstić information content (AvgIpc) is 2.48. The summed E-state index contributed by atoms with van der Waals surface area (Å²) < 4.78 is 36.9. The summed E-state index contributed by atoms with van der Waals surface area (Å²) in [6.45, 7) is 1.85. The summed E-state index contributed by atoms with van der Waals surface area (Å²) in [6, 6.07) is 11.8. The van der Waals surface area contributed by atoms with Crippen molar-refractivity contribution >= 4 is 21.4 Å². The van der Waals surface area contributed by atoms with Crippen LogP contribution in [0.1, 0.15) is 12.0 Å². The first-order valence-corrected chi connectivity index (χ1v) is 8.37. The number of para-hydroxylation sites is 1. The minimum atomic E-state index is -3.60. The number of rotatable bonds is 5. The van der Waals surface area contributed by atoms with Gasteiger partial charge in [-0.1, -0.05) is 18.2 Å². The molecule has 4 nitrogen and oxygen atoms in total. The van der Waals surface area contributed by atoms with E-state index in [-0.39, 0.29) is 23.0 Å². The van der Waals surface area contributed by atoms with E-state index < -0.39 is 15.7 Å². The van der Waals surface area contributed by atoms with Crippen molar-refractivity contribution in [2.75, 3.05) is 11.1 Å². The Morgan fingerprint density at radius 3 is 2.36 bits per heavy atom. The molecule has 0 aliphatic rings. The van der Waals surface area contributed by atoms with Gasteiger partial charge >= 0.3 is 0 Å². The summed E-state index contributed by atoms with van der Waals surface area (Å²) in [7, 11) is -3.60. The molecule has 0 aromatic heterocycles. The zero-order valence-electron chi connectivity index (χ0n) is 12.0. The molecule has 0 fully saturated rings. The molecule has 0 aliphatic carbocycles. The molecule has 0 aliphatic heterocycles. The topological polar surface area (TPSA) is 63.2 Å². The van der Waals surface area contributed by atoms with Gasteiger partial charge in [0.15, 0.2) is 9.84 Å². The lowest BCUT2D eigenvalue weighted by Crippen LogP contribution is -2.17. The Kier molecular flexibility index (Phi) is 4.92. The predicted molar refractivity (Wildman–Crippen MR) is 82.9 cm³/mol. The minimum absolute atomic E-state index is 0.0117. The Morgan fingerprint density at radius 1 is 1.09 bits per heavy atom. The zero-order valence-corrected chi connectivity index (χ0v) is 12.9. The maximum absolute atomic E-state index is 12.8. The number of hydrogen-bond donors (Lipinski definition) is 1. The molecule has 6 heteroatoms. The largest absolute Gasteiger partial charge is 0.326 e. The summed E-state index contributed by atoms with van der Waals surface area (Å²) in [4.78, 5) is 11.9. The summed E-state index contributed by atoms with van der Waals surface area (Å²) in [5.74, 6) is -1.20. The lowest BCUT2D eigenvalue weighted by atomic mass is 10.2. The Bertz CT molecular complexity index is 770. The first-order valence-electron chi connectivity index (χ1n) is 6.72. The third-order valence-corrected chi connectivity index (χ3v) is 4.92. The highest BCUT2D eigenvalue weighted by Gasteiger charge is 2.16. The number of nitrogens with one attached hydrogen (secondary N) is 1. The SMILES string of the molecule is Cc1ccccc1NC(=O)CCS(=O)(=O)c1ccc(F)cc1.